The fourth-order valence-electron chi connectivity index (χ4n) is 4.34. The molecule has 1 nitrogen and oxygen atoms in total. The Kier molecular flexibility index (Phi) is 13.9. The van der Waals surface area contributed by atoms with Crippen molar-refractivity contribution in [3.63, 3.8) is 0 Å². The van der Waals surface area contributed by atoms with Crippen LogP contribution in [0, 0.1) is 0 Å². The van der Waals surface area contributed by atoms with Crippen LogP contribution >= 0.6 is 0 Å². The summed E-state index contributed by atoms with van der Waals surface area (Å²) in [5.41, 5.74) is 0. The van der Waals surface area contributed by atoms with Crippen LogP contribution in [0.5, 0.6) is 0 Å². The van der Waals surface area contributed by atoms with Crippen molar-refractivity contribution < 1.29 is 4.12 Å². The van der Waals surface area contributed by atoms with Crippen LogP contribution in [-0.4, -0.2) is 16.6 Å². The fourth-order valence-corrected chi connectivity index (χ4v) is 17.6. The first-order chi connectivity index (χ1) is 11.1. The van der Waals surface area contributed by atoms with E-state index in [4.69, 9.17) is 4.12 Å². The molecule has 0 unspecified atom stereocenters. The van der Waals surface area contributed by atoms with E-state index in [1.54, 1.807) is 0 Å². The molecule has 0 aliphatic rings. The third-order valence-electron chi connectivity index (χ3n) is 5.23. The van der Waals surface area contributed by atoms with Gasteiger partial charge in [-0.15, -0.1) is 0 Å². The largest absolute Gasteiger partial charge is 0.455 e. The van der Waals surface area contributed by atoms with E-state index in [1.807, 2.05) is 0 Å². The third-order valence-corrected chi connectivity index (χ3v) is 16.9. The fraction of sp³-hybridized carbons (Fsp3) is 1.00. The Labute approximate surface area is 150 Å². The maximum Gasteiger partial charge on any atom is 0.179 e. The van der Waals surface area contributed by atoms with E-state index in [2.05, 4.69) is 41.5 Å². The van der Waals surface area contributed by atoms with Crippen LogP contribution in [0.15, 0.2) is 0 Å². The van der Waals surface area contributed by atoms with Crippen molar-refractivity contribution in [2.24, 2.45) is 0 Å². The minimum absolute atomic E-state index is 1.33. The highest BCUT2D eigenvalue weighted by molar-refractivity contribution is 6.87. The Morgan fingerprint density at radius 1 is 0.435 bits per heavy atom. The van der Waals surface area contributed by atoms with Crippen molar-refractivity contribution in [2.75, 3.05) is 0 Å². The van der Waals surface area contributed by atoms with Gasteiger partial charge in [0.1, 0.15) is 0 Å². The topological polar surface area (TPSA) is 9.23 Å². The molecule has 0 saturated heterocycles. The zero-order chi connectivity index (χ0) is 17.6. The van der Waals surface area contributed by atoms with E-state index >= 15 is 0 Å². The standard InChI is InChI=1S/C20H46OSi2/c1-7-13-19-22(15-9-3,16-10-4)21-23(17-11-5,18-12-6)20-14-8-2/h7-20H2,1-6H3. The second kappa shape index (κ2) is 13.7. The molecule has 140 valence electrons. The van der Waals surface area contributed by atoms with Gasteiger partial charge in [-0.3, -0.25) is 0 Å². The summed E-state index contributed by atoms with van der Waals surface area (Å²) >= 11 is 0. The second-order valence-electron chi connectivity index (χ2n) is 7.68. The number of rotatable bonds is 16. The van der Waals surface area contributed by atoms with Gasteiger partial charge < -0.3 is 4.12 Å². The van der Waals surface area contributed by atoms with Gasteiger partial charge in [0, 0.05) is 0 Å². The molecule has 0 aliphatic heterocycles. The van der Waals surface area contributed by atoms with Crippen LogP contribution in [0.3, 0.4) is 0 Å². The van der Waals surface area contributed by atoms with Crippen LogP contribution in [0.2, 0.25) is 36.3 Å². The first-order valence-corrected chi connectivity index (χ1v) is 15.8. The zero-order valence-corrected chi connectivity index (χ0v) is 19.3. The average Bonchev–Trinajstić information content (AvgIpc) is 2.52. The number of unbranched alkanes of at least 4 members (excludes halogenated alkanes) is 2. The quantitative estimate of drug-likeness (QED) is 0.253. The molecule has 0 heterocycles. The molecule has 0 atom stereocenters. The van der Waals surface area contributed by atoms with E-state index in [-0.39, 0.29) is 0 Å². The number of hydrogen-bond acceptors (Lipinski definition) is 1. The molecular weight excluding hydrogens is 312 g/mol. The van der Waals surface area contributed by atoms with E-state index in [1.165, 1.54) is 87.6 Å². The van der Waals surface area contributed by atoms with Gasteiger partial charge in [0.05, 0.1) is 0 Å². The minimum Gasteiger partial charge on any atom is -0.455 e. The van der Waals surface area contributed by atoms with Gasteiger partial charge in [0.25, 0.3) is 0 Å². The lowest BCUT2D eigenvalue weighted by Crippen LogP contribution is -2.51. The summed E-state index contributed by atoms with van der Waals surface area (Å²) < 4.78 is 7.47. The van der Waals surface area contributed by atoms with Gasteiger partial charge >= 0.3 is 0 Å². The van der Waals surface area contributed by atoms with Crippen molar-refractivity contribution in [1.29, 1.82) is 0 Å². The Hall–Kier alpha value is 0.394. The molecule has 0 aliphatic carbocycles. The van der Waals surface area contributed by atoms with Gasteiger partial charge in [-0.1, -0.05) is 92.9 Å². The summed E-state index contributed by atoms with van der Waals surface area (Å²) in [6, 6.07) is 8.51. The predicted molar refractivity (Wildman–Crippen MR) is 112 cm³/mol. The lowest BCUT2D eigenvalue weighted by molar-refractivity contribution is 0.483. The van der Waals surface area contributed by atoms with Crippen LogP contribution in [0.1, 0.15) is 92.9 Å². The monoisotopic (exact) mass is 358 g/mol. The smallest absolute Gasteiger partial charge is 0.179 e. The van der Waals surface area contributed by atoms with E-state index in [0.29, 0.717) is 0 Å². The SMILES string of the molecule is CCCC[Si](CCC)(CCC)O[Si](CCC)(CCC)CCCC. The molecule has 0 aromatic heterocycles. The van der Waals surface area contributed by atoms with Crippen molar-refractivity contribution >= 4 is 16.6 Å². The summed E-state index contributed by atoms with van der Waals surface area (Å²) in [5, 5.41) is 0. The van der Waals surface area contributed by atoms with Crippen LogP contribution < -0.4 is 0 Å². The molecule has 3 heteroatoms. The first-order valence-electron chi connectivity index (χ1n) is 10.8. The van der Waals surface area contributed by atoms with E-state index in [0.717, 1.165) is 0 Å². The first kappa shape index (κ1) is 23.4. The Morgan fingerprint density at radius 3 is 0.957 bits per heavy atom. The summed E-state index contributed by atoms with van der Waals surface area (Å²) in [6.07, 6.45) is 10.7. The summed E-state index contributed by atoms with van der Waals surface area (Å²) in [6.45, 7) is 14.2. The number of hydrogen-bond donors (Lipinski definition) is 0. The summed E-state index contributed by atoms with van der Waals surface area (Å²) in [4.78, 5) is 0. The maximum absolute atomic E-state index is 7.47. The molecule has 23 heavy (non-hydrogen) atoms. The zero-order valence-electron chi connectivity index (χ0n) is 17.3. The van der Waals surface area contributed by atoms with Crippen LogP contribution in [0.4, 0.5) is 0 Å². The van der Waals surface area contributed by atoms with E-state index in [9.17, 15) is 0 Å². The third kappa shape index (κ3) is 8.88. The molecule has 0 aromatic carbocycles. The van der Waals surface area contributed by atoms with Crippen molar-refractivity contribution in [3.05, 3.63) is 0 Å². The highest BCUT2D eigenvalue weighted by Gasteiger charge is 2.42. The molecule has 0 amide bonds. The molecule has 0 bridgehead atoms. The minimum atomic E-state index is -1.51. The van der Waals surface area contributed by atoms with E-state index < -0.39 is 16.6 Å². The molecule has 0 N–H and O–H groups in total. The lowest BCUT2D eigenvalue weighted by atomic mass is 10.4. The second-order valence-corrected chi connectivity index (χ2v) is 16.2. The van der Waals surface area contributed by atoms with Crippen molar-refractivity contribution in [3.8, 4) is 0 Å². The molecule has 0 saturated carbocycles. The highest BCUT2D eigenvalue weighted by Crippen LogP contribution is 2.37. The van der Waals surface area contributed by atoms with Crippen LogP contribution in [0.25, 0.3) is 0 Å². The van der Waals surface area contributed by atoms with Crippen LogP contribution in [-0.2, 0) is 4.12 Å². The molecule has 0 radical (unpaired) electrons. The van der Waals surface area contributed by atoms with Crippen molar-refractivity contribution in [1.82, 2.24) is 0 Å². The molecule has 0 spiro atoms. The lowest BCUT2D eigenvalue weighted by Gasteiger charge is -2.43. The van der Waals surface area contributed by atoms with Gasteiger partial charge in [-0.2, -0.15) is 0 Å². The molecule has 0 aromatic rings. The Bertz CT molecular complexity index is 230. The summed E-state index contributed by atoms with van der Waals surface area (Å²) in [7, 11) is -3.03. The normalized spacial score (nSPS) is 12.8. The highest BCUT2D eigenvalue weighted by atomic mass is 28.4. The van der Waals surface area contributed by atoms with Gasteiger partial charge in [0.15, 0.2) is 16.6 Å². The average molecular weight is 359 g/mol. The van der Waals surface area contributed by atoms with Gasteiger partial charge in [-0.25, -0.2) is 0 Å². The molecular formula is C20H46OSi2. The Morgan fingerprint density at radius 2 is 0.739 bits per heavy atom. The predicted octanol–water partition coefficient (Wildman–Crippen LogP) is 8.13. The Balaban J connectivity index is 5.39. The van der Waals surface area contributed by atoms with Crippen molar-refractivity contribution in [2.45, 2.75) is 129 Å². The van der Waals surface area contributed by atoms with Gasteiger partial charge in [0.2, 0.25) is 0 Å². The maximum atomic E-state index is 7.47. The van der Waals surface area contributed by atoms with Gasteiger partial charge in [-0.05, 0) is 36.3 Å². The molecule has 0 fully saturated rings. The molecule has 0 rings (SSSR count). The summed E-state index contributed by atoms with van der Waals surface area (Å²) in [5.74, 6) is 0.